The van der Waals surface area contributed by atoms with Crippen LogP contribution in [0, 0.1) is 5.82 Å². The lowest BCUT2D eigenvalue weighted by Gasteiger charge is -1.99. The van der Waals surface area contributed by atoms with Crippen LogP contribution < -0.4 is 11.2 Å². The summed E-state index contributed by atoms with van der Waals surface area (Å²) in [5, 5.41) is 17.1. The second kappa shape index (κ2) is 4.25. The number of nitrogens with two attached hydrogens (primary N) is 1. The first-order valence-corrected chi connectivity index (χ1v) is 2.88. The highest BCUT2D eigenvalue weighted by Crippen LogP contribution is 2.01. The third-order valence-electron chi connectivity index (χ3n) is 1.19. The molecule has 66 valence electrons. The third kappa shape index (κ3) is 2.33. The second-order valence-electron chi connectivity index (χ2n) is 2.01. The molecule has 0 radical (unpaired) electrons. The normalized spacial score (nSPS) is 8.92. The fourth-order valence-corrected chi connectivity index (χ4v) is 0.604. The number of hydrogen-bond acceptors (Lipinski definition) is 4. The Hall–Kier alpha value is -0.845. The second-order valence-corrected chi connectivity index (χ2v) is 2.01. The number of nitrogens with zero attached hydrogens (tertiary/aromatic N) is 1. The molecule has 0 amide bonds. The molecule has 0 saturated heterocycles. The van der Waals surface area contributed by atoms with Gasteiger partial charge in [0.15, 0.2) is 11.6 Å². The van der Waals surface area contributed by atoms with E-state index in [2.05, 4.69) is 4.98 Å². The van der Waals surface area contributed by atoms with Gasteiger partial charge < -0.3 is 15.8 Å². The zero-order valence-corrected chi connectivity index (χ0v) is 6.75. The highest BCUT2D eigenvalue weighted by Gasteiger charge is 2.12. The standard InChI is InChI=1S/C5H6BFN2O2.ClH/c7-4-1-3(6(10)11)2-9-5(4)8;/h1-2,10-11H,(H2,8,9);1H. The van der Waals surface area contributed by atoms with Gasteiger partial charge in [0.25, 0.3) is 0 Å². The van der Waals surface area contributed by atoms with Gasteiger partial charge >= 0.3 is 7.12 Å². The van der Waals surface area contributed by atoms with E-state index in [4.69, 9.17) is 15.8 Å². The average molecular weight is 192 g/mol. The molecule has 0 aliphatic rings. The summed E-state index contributed by atoms with van der Waals surface area (Å²) in [5.41, 5.74) is 5.02. The first-order chi connectivity index (χ1) is 5.11. The van der Waals surface area contributed by atoms with Crippen LogP contribution in [0.3, 0.4) is 0 Å². The minimum absolute atomic E-state index is 0. The number of nitrogen functional groups attached to an aromatic ring is 1. The van der Waals surface area contributed by atoms with E-state index < -0.39 is 12.9 Å². The Kier molecular flexibility index (Phi) is 3.95. The highest BCUT2D eigenvalue weighted by atomic mass is 35.5. The first kappa shape index (κ1) is 11.2. The van der Waals surface area contributed by atoms with Crippen LogP contribution in [0.2, 0.25) is 0 Å². The van der Waals surface area contributed by atoms with Crippen LogP contribution in [-0.4, -0.2) is 22.2 Å². The van der Waals surface area contributed by atoms with Crippen molar-refractivity contribution < 1.29 is 14.4 Å². The summed E-state index contributed by atoms with van der Waals surface area (Å²) in [6, 6.07) is 0.924. The number of aromatic nitrogens is 1. The molecule has 0 spiro atoms. The van der Waals surface area contributed by atoms with Crippen molar-refractivity contribution in [2.75, 3.05) is 5.73 Å². The van der Waals surface area contributed by atoms with Crippen LogP contribution >= 0.6 is 12.4 Å². The lowest BCUT2D eigenvalue weighted by Crippen LogP contribution is -2.30. The van der Waals surface area contributed by atoms with Crippen LogP contribution in [0.5, 0.6) is 0 Å². The number of halogens is 2. The summed E-state index contributed by atoms with van der Waals surface area (Å²) in [5.74, 6) is -1.01. The number of rotatable bonds is 1. The van der Waals surface area contributed by atoms with E-state index >= 15 is 0 Å². The largest absolute Gasteiger partial charge is 0.490 e. The van der Waals surface area contributed by atoms with Gasteiger partial charge in [0, 0.05) is 11.7 Å². The molecule has 0 aliphatic carbocycles. The molecular formula is C5H7BClFN2O2. The molecule has 0 saturated carbocycles. The summed E-state index contributed by atoms with van der Waals surface area (Å²) >= 11 is 0. The number of anilines is 1. The van der Waals surface area contributed by atoms with Crippen LogP contribution in [0.4, 0.5) is 10.2 Å². The SMILES string of the molecule is Cl.Nc1ncc(B(O)O)cc1F. The molecule has 0 aromatic carbocycles. The molecule has 1 aromatic heterocycles. The number of hydrogen-bond donors (Lipinski definition) is 3. The van der Waals surface area contributed by atoms with E-state index in [1.54, 1.807) is 0 Å². The Bertz CT molecular complexity index is 274. The quantitative estimate of drug-likeness (QED) is 0.494. The van der Waals surface area contributed by atoms with Gasteiger partial charge in [0.2, 0.25) is 0 Å². The van der Waals surface area contributed by atoms with Gasteiger partial charge in [-0.3, -0.25) is 0 Å². The molecule has 1 rings (SSSR count). The fourth-order valence-electron chi connectivity index (χ4n) is 0.604. The van der Waals surface area contributed by atoms with Gasteiger partial charge in [-0.05, 0) is 6.07 Å². The molecule has 0 aliphatic heterocycles. The first-order valence-electron chi connectivity index (χ1n) is 2.88. The molecule has 0 atom stereocenters. The summed E-state index contributed by atoms with van der Waals surface area (Å²) in [6.07, 6.45) is 1.10. The van der Waals surface area contributed by atoms with Gasteiger partial charge in [0.05, 0.1) is 0 Å². The van der Waals surface area contributed by atoms with Gasteiger partial charge in [0.1, 0.15) is 0 Å². The minimum atomic E-state index is -1.71. The minimum Gasteiger partial charge on any atom is -0.423 e. The van der Waals surface area contributed by atoms with Crippen LogP contribution in [-0.2, 0) is 0 Å². The van der Waals surface area contributed by atoms with Crippen molar-refractivity contribution in [2.45, 2.75) is 0 Å². The van der Waals surface area contributed by atoms with Gasteiger partial charge in [-0.1, -0.05) is 0 Å². The predicted molar refractivity (Wildman–Crippen MR) is 45.7 cm³/mol. The Morgan fingerprint density at radius 3 is 2.50 bits per heavy atom. The van der Waals surface area contributed by atoms with E-state index in [0.717, 1.165) is 12.3 Å². The van der Waals surface area contributed by atoms with E-state index in [9.17, 15) is 4.39 Å². The van der Waals surface area contributed by atoms with Gasteiger partial charge in [-0.25, -0.2) is 9.37 Å². The van der Waals surface area contributed by atoms with Crippen LogP contribution in [0.1, 0.15) is 0 Å². The summed E-state index contributed by atoms with van der Waals surface area (Å²) < 4.78 is 12.5. The summed E-state index contributed by atoms with van der Waals surface area (Å²) in [6.45, 7) is 0. The maximum absolute atomic E-state index is 12.5. The van der Waals surface area contributed by atoms with Crippen molar-refractivity contribution in [3.8, 4) is 0 Å². The molecule has 0 bridgehead atoms. The third-order valence-corrected chi connectivity index (χ3v) is 1.19. The van der Waals surface area contributed by atoms with Crippen molar-refractivity contribution in [3.05, 3.63) is 18.1 Å². The Morgan fingerprint density at radius 2 is 2.08 bits per heavy atom. The van der Waals surface area contributed by atoms with E-state index in [0.29, 0.717) is 0 Å². The van der Waals surface area contributed by atoms with Crippen molar-refractivity contribution in [1.29, 1.82) is 0 Å². The smallest absolute Gasteiger partial charge is 0.423 e. The Morgan fingerprint density at radius 1 is 1.50 bits per heavy atom. The molecule has 0 fully saturated rings. The van der Waals surface area contributed by atoms with E-state index in [1.165, 1.54) is 0 Å². The topological polar surface area (TPSA) is 79.4 Å². The van der Waals surface area contributed by atoms with E-state index in [1.807, 2.05) is 0 Å². The lowest BCUT2D eigenvalue weighted by molar-refractivity contribution is 0.425. The predicted octanol–water partition coefficient (Wildman–Crippen LogP) is -1.10. The summed E-state index contributed by atoms with van der Waals surface area (Å²) in [4.78, 5) is 3.38. The molecular weight excluding hydrogens is 185 g/mol. The average Bonchev–Trinajstić information content (AvgIpc) is 1.94. The van der Waals surface area contributed by atoms with Crippen molar-refractivity contribution >= 4 is 30.8 Å². The zero-order chi connectivity index (χ0) is 8.43. The molecule has 4 nitrogen and oxygen atoms in total. The van der Waals surface area contributed by atoms with Crippen molar-refractivity contribution in [3.63, 3.8) is 0 Å². The zero-order valence-electron chi connectivity index (χ0n) is 5.94. The highest BCUT2D eigenvalue weighted by molar-refractivity contribution is 6.58. The molecule has 1 heterocycles. The molecule has 4 N–H and O–H groups in total. The van der Waals surface area contributed by atoms with Crippen molar-refractivity contribution in [2.24, 2.45) is 0 Å². The van der Waals surface area contributed by atoms with Crippen LogP contribution in [0.15, 0.2) is 12.3 Å². The number of pyridine rings is 1. The van der Waals surface area contributed by atoms with Gasteiger partial charge in [-0.2, -0.15) is 0 Å². The maximum Gasteiger partial charge on any atom is 0.490 e. The van der Waals surface area contributed by atoms with Crippen molar-refractivity contribution in [1.82, 2.24) is 4.98 Å². The molecule has 7 heteroatoms. The summed E-state index contributed by atoms with van der Waals surface area (Å²) in [7, 11) is -1.71. The molecule has 0 unspecified atom stereocenters. The van der Waals surface area contributed by atoms with Crippen LogP contribution in [0.25, 0.3) is 0 Å². The Balaban J connectivity index is 0.00000121. The molecule has 1 aromatic rings. The van der Waals surface area contributed by atoms with Gasteiger partial charge in [-0.15, -0.1) is 12.4 Å². The van der Waals surface area contributed by atoms with E-state index in [-0.39, 0.29) is 23.7 Å². The maximum atomic E-state index is 12.5. The lowest BCUT2D eigenvalue weighted by atomic mass is 9.82. The fraction of sp³-hybridized carbons (Fsp3) is 0. The monoisotopic (exact) mass is 192 g/mol. The Labute approximate surface area is 74.8 Å². The molecule has 12 heavy (non-hydrogen) atoms.